The Balaban J connectivity index is 2.95. The van der Waals surface area contributed by atoms with Crippen LogP contribution in [0.15, 0.2) is 18.3 Å². The van der Waals surface area contributed by atoms with E-state index >= 15 is 0 Å². The summed E-state index contributed by atoms with van der Waals surface area (Å²) in [7, 11) is 0. The average Bonchev–Trinajstić information content (AvgIpc) is 2.12. The fourth-order valence-electron chi connectivity index (χ4n) is 1.21. The van der Waals surface area contributed by atoms with E-state index in [-0.39, 0.29) is 21.6 Å². The summed E-state index contributed by atoms with van der Waals surface area (Å²) in [4.78, 5) is 3.73. The third-order valence-corrected chi connectivity index (χ3v) is 2.27. The van der Waals surface area contributed by atoms with E-state index in [0.717, 1.165) is 12.1 Å². The van der Waals surface area contributed by atoms with Gasteiger partial charge in [0.25, 0.3) is 0 Å². The highest BCUT2D eigenvalue weighted by Crippen LogP contribution is 2.29. The minimum Gasteiger partial charge on any atom is -0.396 e. The monoisotopic (exact) mass is 214 g/mol. The van der Waals surface area contributed by atoms with Gasteiger partial charge in [-0.15, -0.1) is 0 Å². The van der Waals surface area contributed by atoms with Crippen LogP contribution in [0, 0.1) is 11.6 Å². The molecule has 0 spiro atoms. The van der Waals surface area contributed by atoms with Crippen molar-refractivity contribution in [2.24, 2.45) is 0 Å². The Bertz CT molecular complexity index is 514. The second-order valence-corrected chi connectivity index (χ2v) is 3.19. The first-order valence-corrected chi connectivity index (χ1v) is 4.16. The quantitative estimate of drug-likeness (QED) is 0.732. The van der Waals surface area contributed by atoms with Crippen molar-refractivity contribution in [3.8, 4) is 0 Å². The topological polar surface area (TPSA) is 38.9 Å². The number of benzene rings is 1. The summed E-state index contributed by atoms with van der Waals surface area (Å²) in [6, 6.07) is 1.85. The van der Waals surface area contributed by atoms with Crippen LogP contribution < -0.4 is 5.73 Å². The third kappa shape index (κ3) is 1.28. The Morgan fingerprint density at radius 3 is 2.71 bits per heavy atom. The molecule has 0 aliphatic heterocycles. The number of nitrogen functional groups attached to an aromatic ring is 1. The molecule has 0 fully saturated rings. The number of hydrogen-bond donors (Lipinski definition) is 1. The molecule has 2 rings (SSSR count). The van der Waals surface area contributed by atoms with Gasteiger partial charge in [-0.1, -0.05) is 11.6 Å². The lowest BCUT2D eigenvalue weighted by Crippen LogP contribution is -1.93. The molecule has 1 aromatic carbocycles. The third-order valence-electron chi connectivity index (χ3n) is 1.85. The predicted molar refractivity (Wildman–Crippen MR) is 51.1 cm³/mol. The summed E-state index contributed by atoms with van der Waals surface area (Å²) in [5, 5.41) is 0.303. The van der Waals surface area contributed by atoms with Crippen LogP contribution in [0.25, 0.3) is 10.9 Å². The molecule has 0 saturated heterocycles. The van der Waals surface area contributed by atoms with E-state index in [1.807, 2.05) is 0 Å². The van der Waals surface area contributed by atoms with Gasteiger partial charge < -0.3 is 5.73 Å². The van der Waals surface area contributed by atoms with E-state index in [4.69, 9.17) is 17.3 Å². The Hall–Kier alpha value is -1.42. The van der Waals surface area contributed by atoms with Crippen molar-refractivity contribution in [3.05, 3.63) is 35.0 Å². The number of aromatic nitrogens is 1. The molecule has 5 heteroatoms. The number of pyridine rings is 1. The molecule has 2 N–H and O–H groups in total. The molecule has 0 aliphatic carbocycles. The number of hydrogen-bond acceptors (Lipinski definition) is 2. The van der Waals surface area contributed by atoms with Gasteiger partial charge in [-0.05, 0) is 6.07 Å². The van der Waals surface area contributed by atoms with Crippen molar-refractivity contribution < 1.29 is 8.78 Å². The zero-order valence-corrected chi connectivity index (χ0v) is 7.65. The zero-order chi connectivity index (χ0) is 10.3. The van der Waals surface area contributed by atoms with Gasteiger partial charge in [0.05, 0.1) is 16.9 Å². The molecule has 0 radical (unpaired) electrons. The number of fused-ring (bicyclic) bond motifs is 1. The predicted octanol–water partition coefficient (Wildman–Crippen LogP) is 2.75. The second-order valence-electron chi connectivity index (χ2n) is 2.81. The Labute approximate surface area is 83.3 Å². The summed E-state index contributed by atoms with van der Waals surface area (Å²) in [6.45, 7) is 0. The van der Waals surface area contributed by atoms with E-state index < -0.39 is 11.6 Å². The van der Waals surface area contributed by atoms with Gasteiger partial charge in [-0.3, -0.25) is 4.98 Å². The minimum absolute atomic E-state index is 0.0191. The average molecular weight is 215 g/mol. The summed E-state index contributed by atoms with van der Waals surface area (Å²) in [6.07, 6.45) is 1.24. The lowest BCUT2D eigenvalue weighted by molar-refractivity contribution is 0.590. The van der Waals surface area contributed by atoms with Crippen molar-refractivity contribution in [2.45, 2.75) is 0 Å². The first-order chi connectivity index (χ1) is 6.59. The number of nitrogens with zero attached hydrogens (tertiary/aromatic N) is 1. The molecule has 14 heavy (non-hydrogen) atoms. The smallest absolute Gasteiger partial charge is 0.152 e. The molecule has 0 unspecified atom stereocenters. The highest BCUT2D eigenvalue weighted by molar-refractivity contribution is 6.37. The van der Waals surface area contributed by atoms with Crippen LogP contribution in [0.1, 0.15) is 0 Å². The van der Waals surface area contributed by atoms with Gasteiger partial charge in [0.15, 0.2) is 5.82 Å². The van der Waals surface area contributed by atoms with Crippen molar-refractivity contribution in [1.82, 2.24) is 4.98 Å². The Morgan fingerprint density at radius 2 is 2.00 bits per heavy atom. The van der Waals surface area contributed by atoms with Crippen molar-refractivity contribution >= 4 is 28.2 Å². The SMILES string of the molecule is Nc1cnc2c(F)cc(F)cc2c1Cl. The Morgan fingerprint density at radius 1 is 1.29 bits per heavy atom. The summed E-state index contributed by atoms with van der Waals surface area (Å²) < 4.78 is 26.0. The molecule has 0 amide bonds. The van der Waals surface area contributed by atoms with Crippen molar-refractivity contribution in [1.29, 1.82) is 0 Å². The molecule has 1 aromatic heterocycles. The lowest BCUT2D eigenvalue weighted by atomic mass is 10.2. The summed E-state index contributed by atoms with van der Waals surface area (Å²) in [5.41, 5.74) is 5.66. The van der Waals surface area contributed by atoms with Gasteiger partial charge >= 0.3 is 0 Å². The van der Waals surface area contributed by atoms with Crippen LogP contribution in [0.2, 0.25) is 5.02 Å². The van der Waals surface area contributed by atoms with Crippen LogP contribution in [0.3, 0.4) is 0 Å². The maximum absolute atomic E-state index is 13.2. The molecule has 0 bridgehead atoms. The number of rotatable bonds is 0. The first kappa shape index (κ1) is 9.15. The van der Waals surface area contributed by atoms with Gasteiger partial charge in [-0.2, -0.15) is 0 Å². The van der Waals surface area contributed by atoms with Gasteiger partial charge in [0.2, 0.25) is 0 Å². The van der Waals surface area contributed by atoms with Gasteiger partial charge in [-0.25, -0.2) is 8.78 Å². The molecule has 0 saturated carbocycles. The number of halogens is 3. The maximum atomic E-state index is 13.2. The number of nitrogens with two attached hydrogens (primary N) is 1. The van der Waals surface area contributed by atoms with E-state index in [0.29, 0.717) is 0 Å². The van der Waals surface area contributed by atoms with Crippen LogP contribution >= 0.6 is 11.6 Å². The highest BCUT2D eigenvalue weighted by atomic mass is 35.5. The number of anilines is 1. The zero-order valence-electron chi connectivity index (χ0n) is 6.89. The fourth-order valence-corrected chi connectivity index (χ4v) is 1.40. The fraction of sp³-hybridized carbons (Fsp3) is 0. The normalized spacial score (nSPS) is 10.8. The van der Waals surface area contributed by atoms with Crippen LogP contribution in [0.5, 0.6) is 0 Å². The van der Waals surface area contributed by atoms with E-state index in [1.165, 1.54) is 6.20 Å². The standard InChI is InChI=1S/C9H5ClF2N2/c10-8-5-1-4(11)2-6(12)9(5)14-3-7(8)13/h1-3H,13H2. The molecule has 72 valence electrons. The van der Waals surface area contributed by atoms with Crippen molar-refractivity contribution in [2.75, 3.05) is 5.73 Å². The van der Waals surface area contributed by atoms with Gasteiger partial charge in [0, 0.05) is 11.5 Å². The maximum Gasteiger partial charge on any atom is 0.152 e. The largest absolute Gasteiger partial charge is 0.396 e. The summed E-state index contributed by atoms with van der Waals surface area (Å²) in [5.74, 6) is -1.45. The molecule has 2 nitrogen and oxygen atoms in total. The van der Waals surface area contributed by atoms with E-state index in [2.05, 4.69) is 4.98 Å². The Kier molecular flexibility index (Phi) is 2.00. The first-order valence-electron chi connectivity index (χ1n) is 3.78. The van der Waals surface area contributed by atoms with E-state index in [9.17, 15) is 8.78 Å². The summed E-state index contributed by atoms with van der Waals surface area (Å²) >= 11 is 5.77. The minimum atomic E-state index is -0.748. The van der Waals surface area contributed by atoms with Crippen LogP contribution in [0.4, 0.5) is 14.5 Å². The molecule has 1 heterocycles. The van der Waals surface area contributed by atoms with Gasteiger partial charge in [0.1, 0.15) is 11.3 Å². The molecule has 0 atom stereocenters. The van der Waals surface area contributed by atoms with E-state index in [1.54, 1.807) is 0 Å². The second kappa shape index (κ2) is 3.06. The van der Waals surface area contributed by atoms with Crippen LogP contribution in [-0.2, 0) is 0 Å². The highest BCUT2D eigenvalue weighted by Gasteiger charge is 2.10. The van der Waals surface area contributed by atoms with Crippen LogP contribution in [-0.4, -0.2) is 4.98 Å². The van der Waals surface area contributed by atoms with Crippen molar-refractivity contribution in [3.63, 3.8) is 0 Å². The molecular formula is C9H5ClF2N2. The molecular weight excluding hydrogens is 210 g/mol. The lowest BCUT2D eigenvalue weighted by Gasteiger charge is -2.03. The molecule has 2 aromatic rings. The molecule has 0 aliphatic rings.